The third kappa shape index (κ3) is 4.51. The molecule has 0 saturated heterocycles. The van der Waals surface area contributed by atoms with Crippen molar-refractivity contribution in [2.45, 2.75) is 64.2 Å². The number of benzene rings is 1. The number of fused-ring (bicyclic) bond motifs is 1. The Bertz CT molecular complexity index is 1070. The number of esters is 1. The molecule has 1 aromatic heterocycles. The van der Waals surface area contributed by atoms with E-state index in [1.807, 2.05) is 24.3 Å². The van der Waals surface area contributed by atoms with Gasteiger partial charge in [0.1, 0.15) is 17.0 Å². The van der Waals surface area contributed by atoms with Crippen LogP contribution < -0.4 is 10.1 Å². The third-order valence-electron chi connectivity index (χ3n) is 7.03. The molecule has 34 heavy (non-hydrogen) atoms. The monoisotopic (exact) mass is 468 g/mol. The molecule has 2 amide bonds. The highest BCUT2D eigenvalue weighted by molar-refractivity contribution is 6.01. The van der Waals surface area contributed by atoms with Crippen LogP contribution in [0.2, 0.25) is 0 Å². The van der Waals surface area contributed by atoms with E-state index in [2.05, 4.69) is 17.3 Å². The van der Waals surface area contributed by atoms with E-state index in [0.29, 0.717) is 11.7 Å². The summed E-state index contributed by atoms with van der Waals surface area (Å²) in [5, 5.41) is 7.46. The van der Waals surface area contributed by atoms with Crippen LogP contribution >= 0.6 is 0 Å². The number of ether oxygens (including phenoxy) is 2. The van der Waals surface area contributed by atoms with Gasteiger partial charge in [-0.3, -0.25) is 14.3 Å². The molecular weight excluding hydrogens is 436 g/mol. The molecular formula is C25H32N4O5. The molecule has 1 saturated carbocycles. The molecule has 1 atom stereocenters. The van der Waals surface area contributed by atoms with Crippen LogP contribution in [0.3, 0.4) is 0 Å². The van der Waals surface area contributed by atoms with Crippen LogP contribution in [0.4, 0.5) is 0 Å². The standard InChI is InChI=1S/C25H32N4O5/c1-16-5-9-18(10-6-16)26-24(32)25(2)15-29-21(13-20(27-29)23(31)34-4)22(30)28(25)14-17-7-11-19(33-3)12-8-17/h7-8,11-13,16,18H,5-6,9-10,14-15H2,1-4H3,(H,26,32)/t16?,18?,25-/m0/s1. The lowest BCUT2D eigenvalue weighted by atomic mass is 9.86. The number of nitrogens with one attached hydrogen (secondary N) is 1. The number of methoxy groups -OCH3 is 2. The van der Waals surface area contributed by atoms with E-state index in [9.17, 15) is 14.4 Å². The van der Waals surface area contributed by atoms with Crippen molar-refractivity contribution in [3.8, 4) is 5.75 Å². The van der Waals surface area contributed by atoms with Gasteiger partial charge in [0.05, 0.1) is 20.8 Å². The molecule has 9 nitrogen and oxygen atoms in total. The summed E-state index contributed by atoms with van der Waals surface area (Å²) in [5.74, 6) is 0.171. The smallest absolute Gasteiger partial charge is 0.358 e. The average molecular weight is 469 g/mol. The number of nitrogens with zero attached hydrogens (tertiary/aromatic N) is 3. The third-order valence-corrected chi connectivity index (χ3v) is 7.03. The number of hydrogen-bond donors (Lipinski definition) is 1. The minimum Gasteiger partial charge on any atom is -0.497 e. The lowest BCUT2D eigenvalue weighted by molar-refractivity contribution is -0.134. The number of hydrogen-bond acceptors (Lipinski definition) is 6. The molecule has 1 N–H and O–H groups in total. The average Bonchev–Trinajstić information content (AvgIpc) is 3.27. The summed E-state index contributed by atoms with van der Waals surface area (Å²) in [4.78, 5) is 40.9. The predicted molar refractivity (Wildman–Crippen MR) is 124 cm³/mol. The Morgan fingerprint density at radius 1 is 1.15 bits per heavy atom. The fourth-order valence-corrected chi connectivity index (χ4v) is 4.75. The second-order valence-corrected chi connectivity index (χ2v) is 9.51. The van der Waals surface area contributed by atoms with Gasteiger partial charge in [-0.15, -0.1) is 0 Å². The van der Waals surface area contributed by atoms with Crippen LogP contribution in [-0.4, -0.2) is 58.3 Å². The molecule has 9 heteroatoms. The quantitative estimate of drug-likeness (QED) is 0.654. The van der Waals surface area contributed by atoms with Crippen LogP contribution in [0.5, 0.6) is 5.75 Å². The van der Waals surface area contributed by atoms with Crippen LogP contribution in [0.15, 0.2) is 30.3 Å². The van der Waals surface area contributed by atoms with E-state index < -0.39 is 11.5 Å². The molecule has 2 heterocycles. The van der Waals surface area contributed by atoms with Crippen molar-refractivity contribution < 1.29 is 23.9 Å². The number of rotatable bonds is 6. The van der Waals surface area contributed by atoms with Crippen molar-refractivity contribution in [3.63, 3.8) is 0 Å². The number of carbonyl (C=O) groups is 3. The molecule has 4 rings (SSSR count). The Labute approximate surface area is 199 Å². The summed E-state index contributed by atoms with van der Waals surface area (Å²) in [7, 11) is 2.86. The van der Waals surface area contributed by atoms with Gasteiger partial charge in [0.15, 0.2) is 5.69 Å². The van der Waals surface area contributed by atoms with Gasteiger partial charge in [0, 0.05) is 18.7 Å². The first-order valence-corrected chi connectivity index (χ1v) is 11.7. The highest BCUT2D eigenvalue weighted by Gasteiger charge is 2.48. The van der Waals surface area contributed by atoms with Gasteiger partial charge >= 0.3 is 5.97 Å². The summed E-state index contributed by atoms with van der Waals surface area (Å²) in [5.41, 5.74) is -0.0281. The molecule has 0 radical (unpaired) electrons. The van der Waals surface area contributed by atoms with Gasteiger partial charge in [0.25, 0.3) is 5.91 Å². The molecule has 2 aliphatic rings. The van der Waals surface area contributed by atoms with Crippen molar-refractivity contribution in [1.29, 1.82) is 0 Å². The first-order chi connectivity index (χ1) is 16.2. The molecule has 1 aliphatic heterocycles. The Kier molecular flexibility index (Phi) is 6.63. The Morgan fingerprint density at radius 3 is 2.44 bits per heavy atom. The van der Waals surface area contributed by atoms with Gasteiger partial charge in [-0.2, -0.15) is 5.10 Å². The van der Waals surface area contributed by atoms with E-state index in [0.717, 1.165) is 31.2 Å². The molecule has 1 aromatic carbocycles. The van der Waals surface area contributed by atoms with Gasteiger partial charge in [-0.25, -0.2) is 4.79 Å². The molecule has 1 aliphatic carbocycles. The summed E-state index contributed by atoms with van der Waals surface area (Å²) in [6.45, 7) is 4.36. The predicted octanol–water partition coefficient (Wildman–Crippen LogP) is 2.79. The van der Waals surface area contributed by atoms with Crippen LogP contribution in [0, 0.1) is 5.92 Å². The second-order valence-electron chi connectivity index (χ2n) is 9.51. The zero-order valence-corrected chi connectivity index (χ0v) is 20.2. The van der Waals surface area contributed by atoms with Gasteiger partial charge in [-0.05, 0) is 56.2 Å². The normalized spacial score (nSPS) is 24.4. The summed E-state index contributed by atoms with van der Waals surface area (Å²) in [6, 6.07) is 8.91. The van der Waals surface area contributed by atoms with Crippen molar-refractivity contribution >= 4 is 17.8 Å². The topological polar surface area (TPSA) is 103 Å². The van der Waals surface area contributed by atoms with Gasteiger partial charge in [0.2, 0.25) is 5.91 Å². The highest BCUT2D eigenvalue weighted by atomic mass is 16.5. The lowest BCUT2D eigenvalue weighted by Crippen LogP contribution is -2.64. The number of amides is 2. The summed E-state index contributed by atoms with van der Waals surface area (Å²) < 4.78 is 11.5. The SMILES string of the molecule is COC(=O)c1cc2n(n1)C[C@@](C)(C(=O)NC1CCC(C)CC1)N(Cc1ccc(OC)cc1)C2=O. The van der Waals surface area contributed by atoms with Crippen molar-refractivity contribution in [3.05, 3.63) is 47.3 Å². The maximum atomic E-state index is 13.7. The molecule has 2 aromatic rings. The van der Waals surface area contributed by atoms with E-state index >= 15 is 0 Å². The van der Waals surface area contributed by atoms with Crippen molar-refractivity contribution in [2.75, 3.05) is 14.2 Å². The second kappa shape index (κ2) is 9.48. The first kappa shape index (κ1) is 23.8. The van der Waals surface area contributed by atoms with E-state index in [1.165, 1.54) is 17.9 Å². The minimum atomic E-state index is -1.19. The highest BCUT2D eigenvalue weighted by Crippen LogP contribution is 2.31. The fourth-order valence-electron chi connectivity index (χ4n) is 4.75. The van der Waals surface area contributed by atoms with Crippen LogP contribution in [0.1, 0.15) is 66.1 Å². The lowest BCUT2D eigenvalue weighted by Gasteiger charge is -2.44. The molecule has 0 bridgehead atoms. The van der Waals surface area contributed by atoms with E-state index in [4.69, 9.17) is 9.47 Å². The van der Waals surface area contributed by atoms with Gasteiger partial charge < -0.3 is 19.7 Å². The Balaban J connectivity index is 1.66. The zero-order chi connectivity index (χ0) is 24.5. The van der Waals surface area contributed by atoms with E-state index in [-0.39, 0.29) is 42.3 Å². The fraction of sp³-hybridized carbons (Fsp3) is 0.520. The molecule has 0 unspecified atom stereocenters. The largest absolute Gasteiger partial charge is 0.497 e. The van der Waals surface area contributed by atoms with Crippen LogP contribution in [0.25, 0.3) is 0 Å². The van der Waals surface area contributed by atoms with Gasteiger partial charge in [-0.1, -0.05) is 19.1 Å². The van der Waals surface area contributed by atoms with Crippen molar-refractivity contribution in [1.82, 2.24) is 20.0 Å². The van der Waals surface area contributed by atoms with Crippen LogP contribution in [-0.2, 0) is 22.6 Å². The molecule has 0 spiro atoms. The number of aromatic nitrogens is 2. The zero-order valence-electron chi connectivity index (χ0n) is 20.2. The summed E-state index contributed by atoms with van der Waals surface area (Å²) >= 11 is 0. The first-order valence-electron chi connectivity index (χ1n) is 11.7. The molecule has 182 valence electrons. The Hall–Kier alpha value is -3.36. The summed E-state index contributed by atoms with van der Waals surface area (Å²) in [6.07, 6.45) is 3.99. The van der Waals surface area contributed by atoms with Crippen molar-refractivity contribution in [2.24, 2.45) is 5.92 Å². The maximum absolute atomic E-state index is 13.7. The van der Waals surface area contributed by atoms with E-state index in [1.54, 1.807) is 18.9 Å². The number of carbonyl (C=O) groups excluding carboxylic acids is 3. The molecule has 1 fully saturated rings. The maximum Gasteiger partial charge on any atom is 0.358 e. The minimum absolute atomic E-state index is 0.0428. The Morgan fingerprint density at radius 2 is 1.82 bits per heavy atom.